The summed E-state index contributed by atoms with van der Waals surface area (Å²) in [6.07, 6.45) is 21.6. The first-order valence-electron chi connectivity index (χ1n) is 9.51. The molecule has 1 atom stereocenters. The molecule has 0 radical (unpaired) electrons. The molecule has 0 saturated heterocycles. The second kappa shape index (κ2) is 8.90. The highest BCUT2D eigenvalue weighted by molar-refractivity contribution is 5.07. The van der Waals surface area contributed by atoms with E-state index in [0.717, 1.165) is 17.8 Å². The van der Waals surface area contributed by atoms with Crippen LogP contribution in [0.5, 0.6) is 0 Å². The van der Waals surface area contributed by atoms with E-state index < -0.39 is 0 Å². The molecule has 1 fully saturated rings. The molecule has 0 aliphatic heterocycles. The van der Waals surface area contributed by atoms with Gasteiger partial charge in [-0.25, -0.2) is 0 Å². The molecule has 1 unspecified atom stereocenters. The van der Waals surface area contributed by atoms with Crippen molar-refractivity contribution in [1.29, 1.82) is 0 Å². The molecule has 2 aliphatic rings. The zero-order valence-electron chi connectivity index (χ0n) is 14.0. The minimum atomic E-state index is 1.03. The summed E-state index contributed by atoms with van der Waals surface area (Å²) in [6, 6.07) is 0. The summed E-state index contributed by atoms with van der Waals surface area (Å²) in [5.41, 5.74) is 1.79. The van der Waals surface area contributed by atoms with Crippen LogP contribution in [-0.2, 0) is 0 Å². The van der Waals surface area contributed by atoms with Gasteiger partial charge >= 0.3 is 0 Å². The third kappa shape index (κ3) is 4.93. The molecular weight excluding hydrogens is 240 g/mol. The topological polar surface area (TPSA) is 0 Å². The standard InChI is InChI=1S/C20H36/c1-3-5-6-8-18-11-15-20(16-12-18)19-13-9-17(7-4-2)10-14-19/h11,17,19-20H,3-10,12-16H2,1-2H3/t17-,19-,20?. The Balaban J connectivity index is 1.68. The van der Waals surface area contributed by atoms with Gasteiger partial charge in [0, 0.05) is 0 Å². The molecule has 0 heteroatoms. The first-order chi connectivity index (χ1) is 9.83. The normalized spacial score (nSPS) is 31.1. The summed E-state index contributed by atoms with van der Waals surface area (Å²) in [4.78, 5) is 0. The zero-order valence-corrected chi connectivity index (χ0v) is 14.0. The van der Waals surface area contributed by atoms with E-state index in [-0.39, 0.29) is 0 Å². The fraction of sp³-hybridized carbons (Fsp3) is 0.900. The van der Waals surface area contributed by atoms with Crippen molar-refractivity contribution in [2.24, 2.45) is 17.8 Å². The lowest BCUT2D eigenvalue weighted by Crippen LogP contribution is -2.23. The van der Waals surface area contributed by atoms with Gasteiger partial charge in [0.1, 0.15) is 0 Å². The zero-order chi connectivity index (χ0) is 14.2. The van der Waals surface area contributed by atoms with E-state index in [1.807, 2.05) is 0 Å². The van der Waals surface area contributed by atoms with Crippen molar-refractivity contribution in [1.82, 2.24) is 0 Å². The Kier molecular flexibility index (Phi) is 7.17. The highest BCUT2D eigenvalue weighted by Gasteiger charge is 2.28. The molecule has 116 valence electrons. The Labute approximate surface area is 127 Å². The lowest BCUT2D eigenvalue weighted by atomic mass is 9.70. The number of rotatable bonds is 7. The van der Waals surface area contributed by atoms with Gasteiger partial charge < -0.3 is 0 Å². The van der Waals surface area contributed by atoms with Gasteiger partial charge in [0.25, 0.3) is 0 Å². The van der Waals surface area contributed by atoms with Crippen LogP contribution in [0.4, 0.5) is 0 Å². The molecule has 0 nitrogen and oxygen atoms in total. The maximum absolute atomic E-state index is 2.63. The Morgan fingerprint density at radius 1 is 0.900 bits per heavy atom. The smallest absolute Gasteiger partial charge is 0.0317 e. The van der Waals surface area contributed by atoms with Crippen LogP contribution in [0.3, 0.4) is 0 Å². The highest BCUT2D eigenvalue weighted by atomic mass is 14.3. The van der Waals surface area contributed by atoms with Crippen LogP contribution in [0.2, 0.25) is 0 Å². The van der Waals surface area contributed by atoms with Gasteiger partial charge in [-0.2, -0.15) is 0 Å². The molecule has 0 spiro atoms. The van der Waals surface area contributed by atoms with Gasteiger partial charge in [0.05, 0.1) is 0 Å². The first-order valence-corrected chi connectivity index (χ1v) is 9.51. The predicted octanol–water partition coefficient (Wildman–Crippen LogP) is 6.90. The maximum atomic E-state index is 2.63. The van der Waals surface area contributed by atoms with E-state index in [0.29, 0.717) is 0 Å². The Bertz CT molecular complexity index is 280. The summed E-state index contributed by atoms with van der Waals surface area (Å²) in [6.45, 7) is 4.65. The summed E-state index contributed by atoms with van der Waals surface area (Å²) in [5, 5.41) is 0. The first kappa shape index (κ1) is 16.1. The summed E-state index contributed by atoms with van der Waals surface area (Å²) < 4.78 is 0. The number of allylic oxidation sites excluding steroid dienone is 2. The van der Waals surface area contributed by atoms with Gasteiger partial charge in [-0.15, -0.1) is 0 Å². The van der Waals surface area contributed by atoms with Crippen molar-refractivity contribution in [2.45, 2.75) is 97.3 Å². The minimum Gasteiger partial charge on any atom is -0.0850 e. The van der Waals surface area contributed by atoms with Gasteiger partial charge in [-0.05, 0) is 62.7 Å². The van der Waals surface area contributed by atoms with Crippen LogP contribution >= 0.6 is 0 Å². The molecule has 20 heavy (non-hydrogen) atoms. The molecule has 0 bridgehead atoms. The van der Waals surface area contributed by atoms with E-state index >= 15 is 0 Å². The monoisotopic (exact) mass is 276 g/mol. The molecule has 0 amide bonds. The van der Waals surface area contributed by atoms with Crippen molar-refractivity contribution in [2.75, 3.05) is 0 Å². The average Bonchev–Trinajstić information content (AvgIpc) is 2.49. The number of hydrogen-bond donors (Lipinski definition) is 0. The Morgan fingerprint density at radius 2 is 1.70 bits per heavy atom. The molecular formula is C20H36. The lowest BCUT2D eigenvalue weighted by molar-refractivity contribution is 0.186. The third-order valence-corrected chi connectivity index (χ3v) is 5.90. The van der Waals surface area contributed by atoms with Gasteiger partial charge in [0.2, 0.25) is 0 Å². The molecule has 1 saturated carbocycles. The lowest BCUT2D eigenvalue weighted by Gasteiger charge is -2.35. The quantitative estimate of drug-likeness (QED) is 0.350. The van der Waals surface area contributed by atoms with E-state index in [1.54, 1.807) is 5.57 Å². The van der Waals surface area contributed by atoms with Crippen molar-refractivity contribution >= 4 is 0 Å². The van der Waals surface area contributed by atoms with E-state index in [1.165, 1.54) is 83.5 Å². The Morgan fingerprint density at radius 3 is 2.30 bits per heavy atom. The average molecular weight is 277 g/mol. The van der Waals surface area contributed by atoms with Crippen LogP contribution in [0.15, 0.2) is 11.6 Å². The molecule has 0 aromatic rings. The van der Waals surface area contributed by atoms with Gasteiger partial charge in [-0.3, -0.25) is 0 Å². The van der Waals surface area contributed by atoms with Gasteiger partial charge in [-0.1, -0.05) is 64.0 Å². The second-order valence-corrected chi connectivity index (χ2v) is 7.42. The van der Waals surface area contributed by atoms with Crippen LogP contribution < -0.4 is 0 Å². The van der Waals surface area contributed by atoms with E-state index in [4.69, 9.17) is 0 Å². The molecule has 0 heterocycles. The van der Waals surface area contributed by atoms with Crippen molar-refractivity contribution in [3.8, 4) is 0 Å². The van der Waals surface area contributed by atoms with Crippen molar-refractivity contribution < 1.29 is 0 Å². The molecule has 0 N–H and O–H groups in total. The fourth-order valence-electron chi connectivity index (χ4n) is 4.52. The van der Waals surface area contributed by atoms with E-state index in [2.05, 4.69) is 19.9 Å². The van der Waals surface area contributed by atoms with Crippen LogP contribution in [-0.4, -0.2) is 0 Å². The number of unbranched alkanes of at least 4 members (excludes halogenated alkanes) is 2. The van der Waals surface area contributed by atoms with Gasteiger partial charge in [0.15, 0.2) is 0 Å². The number of hydrogen-bond acceptors (Lipinski definition) is 0. The SMILES string of the molecule is CCCCCC1=CCC([C@H]2CC[C@H](CCC)CC2)CC1. The van der Waals surface area contributed by atoms with Crippen molar-refractivity contribution in [3.05, 3.63) is 11.6 Å². The predicted molar refractivity (Wildman–Crippen MR) is 89.9 cm³/mol. The second-order valence-electron chi connectivity index (χ2n) is 7.42. The summed E-state index contributed by atoms with van der Waals surface area (Å²) >= 11 is 0. The largest absolute Gasteiger partial charge is 0.0850 e. The Hall–Kier alpha value is -0.260. The van der Waals surface area contributed by atoms with Crippen LogP contribution in [0.25, 0.3) is 0 Å². The van der Waals surface area contributed by atoms with E-state index in [9.17, 15) is 0 Å². The van der Waals surface area contributed by atoms with Crippen LogP contribution in [0, 0.1) is 17.8 Å². The highest BCUT2D eigenvalue weighted by Crippen LogP contribution is 2.41. The minimum absolute atomic E-state index is 1.03. The van der Waals surface area contributed by atoms with Crippen LogP contribution in [0.1, 0.15) is 97.3 Å². The van der Waals surface area contributed by atoms with Crippen molar-refractivity contribution in [3.63, 3.8) is 0 Å². The third-order valence-electron chi connectivity index (χ3n) is 5.90. The maximum Gasteiger partial charge on any atom is -0.0317 e. The molecule has 0 aromatic heterocycles. The summed E-state index contributed by atoms with van der Waals surface area (Å²) in [5.74, 6) is 3.17. The molecule has 2 aliphatic carbocycles. The molecule has 0 aromatic carbocycles. The molecule has 2 rings (SSSR count). The fourth-order valence-corrected chi connectivity index (χ4v) is 4.52. The summed E-state index contributed by atoms with van der Waals surface area (Å²) in [7, 11) is 0.